The summed E-state index contributed by atoms with van der Waals surface area (Å²) in [7, 11) is 0. The molecule has 2 rings (SSSR count). The molecular formula is C18H22BrNS. The molecule has 0 fully saturated rings. The number of rotatable bonds is 7. The summed E-state index contributed by atoms with van der Waals surface area (Å²) >= 11 is 5.48. The summed E-state index contributed by atoms with van der Waals surface area (Å²) in [5.41, 5.74) is 2.73. The van der Waals surface area contributed by atoms with Crippen LogP contribution in [0.5, 0.6) is 0 Å². The number of nitrogens with one attached hydrogen (secondary N) is 1. The van der Waals surface area contributed by atoms with Crippen molar-refractivity contribution in [3.63, 3.8) is 0 Å². The van der Waals surface area contributed by atoms with Gasteiger partial charge in [-0.15, -0.1) is 11.8 Å². The van der Waals surface area contributed by atoms with Gasteiger partial charge in [0.05, 0.1) is 0 Å². The van der Waals surface area contributed by atoms with Crippen molar-refractivity contribution in [3.05, 3.63) is 64.1 Å². The molecule has 1 nitrogen and oxygen atoms in total. The van der Waals surface area contributed by atoms with Gasteiger partial charge in [0.25, 0.3) is 0 Å². The van der Waals surface area contributed by atoms with Crippen molar-refractivity contribution in [2.45, 2.75) is 31.0 Å². The lowest BCUT2D eigenvalue weighted by Crippen LogP contribution is -2.19. The maximum absolute atomic E-state index is 3.58. The minimum Gasteiger partial charge on any atom is -0.312 e. The fourth-order valence-electron chi connectivity index (χ4n) is 2.06. The Hall–Kier alpha value is -0.770. The fourth-order valence-corrected chi connectivity index (χ4v) is 3.46. The molecule has 0 aromatic heterocycles. The van der Waals surface area contributed by atoms with Crippen molar-refractivity contribution < 1.29 is 0 Å². The average Bonchev–Trinajstić information content (AvgIpc) is 2.47. The van der Waals surface area contributed by atoms with Crippen LogP contribution in [0.15, 0.2) is 57.9 Å². The Balaban J connectivity index is 2.00. The van der Waals surface area contributed by atoms with Crippen molar-refractivity contribution in [2.75, 3.05) is 6.54 Å². The molecule has 1 N–H and O–H groups in total. The van der Waals surface area contributed by atoms with Crippen molar-refractivity contribution in [1.29, 1.82) is 0 Å². The van der Waals surface area contributed by atoms with Crippen molar-refractivity contribution in [2.24, 2.45) is 5.92 Å². The molecule has 0 aliphatic carbocycles. The van der Waals surface area contributed by atoms with Crippen LogP contribution in [0.25, 0.3) is 0 Å². The van der Waals surface area contributed by atoms with Crippen LogP contribution in [-0.2, 0) is 12.3 Å². The SMILES string of the molecule is CC(C)CNCc1cc(Br)ccc1SCc1ccccc1. The molecular weight excluding hydrogens is 342 g/mol. The highest BCUT2D eigenvalue weighted by Crippen LogP contribution is 2.28. The average molecular weight is 364 g/mol. The molecule has 112 valence electrons. The summed E-state index contributed by atoms with van der Waals surface area (Å²) < 4.78 is 1.15. The van der Waals surface area contributed by atoms with E-state index in [1.165, 1.54) is 16.0 Å². The largest absolute Gasteiger partial charge is 0.312 e. The second kappa shape index (κ2) is 8.62. The van der Waals surface area contributed by atoms with Crippen LogP contribution in [0.1, 0.15) is 25.0 Å². The highest BCUT2D eigenvalue weighted by molar-refractivity contribution is 9.10. The van der Waals surface area contributed by atoms with E-state index in [-0.39, 0.29) is 0 Å². The lowest BCUT2D eigenvalue weighted by Gasteiger charge is -2.12. The maximum atomic E-state index is 3.58. The summed E-state index contributed by atoms with van der Waals surface area (Å²) in [6.07, 6.45) is 0. The first-order valence-corrected chi connectivity index (χ1v) is 9.09. The molecule has 0 unspecified atom stereocenters. The number of hydrogen-bond donors (Lipinski definition) is 1. The summed E-state index contributed by atoms with van der Waals surface area (Å²) in [6.45, 7) is 6.45. The van der Waals surface area contributed by atoms with Crippen LogP contribution in [0.4, 0.5) is 0 Å². The molecule has 0 heterocycles. The third-order valence-corrected chi connectivity index (χ3v) is 4.81. The van der Waals surface area contributed by atoms with Gasteiger partial charge in [-0.25, -0.2) is 0 Å². The van der Waals surface area contributed by atoms with E-state index in [0.717, 1.165) is 23.3 Å². The van der Waals surface area contributed by atoms with Gasteiger partial charge in [0.15, 0.2) is 0 Å². The molecule has 2 aromatic rings. The van der Waals surface area contributed by atoms with Gasteiger partial charge in [0, 0.05) is 21.7 Å². The molecule has 0 spiro atoms. The molecule has 0 aliphatic rings. The van der Waals surface area contributed by atoms with E-state index in [2.05, 4.69) is 83.6 Å². The van der Waals surface area contributed by atoms with Gasteiger partial charge in [-0.3, -0.25) is 0 Å². The number of hydrogen-bond acceptors (Lipinski definition) is 2. The minimum atomic E-state index is 0.678. The molecule has 21 heavy (non-hydrogen) atoms. The number of thioether (sulfide) groups is 1. The van der Waals surface area contributed by atoms with Gasteiger partial charge in [-0.2, -0.15) is 0 Å². The molecule has 0 bridgehead atoms. The summed E-state index contributed by atoms with van der Waals surface area (Å²) in [6, 6.07) is 17.2. The molecule has 2 aromatic carbocycles. The second-order valence-corrected chi connectivity index (χ2v) is 7.48. The first-order valence-electron chi connectivity index (χ1n) is 7.31. The smallest absolute Gasteiger partial charge is 0.0232 e. The Labute approximate surface area is 140 Å². The van der Waals surface area contributed by atoms with Gasteiger partial charge in [-0.1, -0.05) is 60.1 Å². The monoisotopic (exact) mass is 363 g/mol. The highest BCUT2D eigenvalue weighted by atomic mass is 79.9. The van der Waals surface area contributed by atoms with Crippen molar-refractivity contribution in [1.82, 2.24) is 5.32 Å². The first-order chi connectivity index (χ1) is 10.1. The third-order valence-electron chi connectivity index (χ3n) is 3.13. The third kappa shape index (κ3) is 5.85. The molecule has 0 saturated carbocycles. The molecule has 0 radical (unpaired) electrons. The topological polar surface area (TPSA) is 12.0 Å². The lowest BCUT2D eigenvalue weighted by atomic mass is 10.2. The van der Waals surface area contributed by atoms with Crippen molar-refractivity contribution in [3.8, 4) is 0 Å². The fraction of sp³-hybridized carbons (Fsp3) is 0.333. The summed E-state index contributed by atoms with van der Waals surface area (Å²) in [5, 5.41) is 3.53. The Morgan fingerprint density at radius 1 is 1.10 bits per heavy atom. The Bertz CT molecular complexity index is 554. The lowest BCUT2D eigenvalue weighted by molar-refractivity contribution is 0.550. The van der Waals surface area contributed by atoms with Crippen LogP contribution in [-0.4, -0.2) is 6.54 Å². The van der Waals surface area contributed by atoms with E-state index >= 15 is 0 Å². The molecule has 0 aliphatic heterocycles. The predicted molar refractivity (Wildman–Crippen MR) is 96.7 cm³/mol. The van der Waals surface area contributed by atoms with E-state index in [9.17, 15) is 0 Å². The predicted octanol–water partition coefficient (Wildman–Crippen LogP) is 5.49. The van der Waals surface area contributed by atoms with E-state index in [4.69, 9.17) is 0 Å². The van der Waals surface area contributed by atoms with Gasteiger partial charge >= 0.3 is 0 Å². The van der Waals surface area contributed by atoms with Crippen LogP contribution < -0.4 is 5.32 Å². The minimum absolute atomic E-state index is 0.678. The zero-order valence-corrected chi connectivity index (χ0v) is 15.0. The molecule has 0 atom stereocenters. The van der Waals surface area contributed by atoms with E-state index in [0.29, 0.717) is 5.92 Å². The van der Waals surface area contributed by atoms with Gasteiger partial charge in [0.2, 0.25) is 0 Å². The van der Waals surface area contributed by atoms with Crippen LogP contribution in [0.3, 0.4) is 0 Å². The first kappa shape index (κ1) is 16.6. The molecule has 0 amide bonds. The highest BCUT2D eigenvalue weighted by Gasteiger charge is 2.05. The quantitative estimate of drug-likeness (QED) is 0.652. The van der Waals surface area contributed by atoms with Gasteiger partial charge < -0.3 is 5.32 Å². The zero-order valence-electron chi connectivity index (χ0n) is 12.6. The Morgan fingerprint density at radius 3 is 2.57 bits per heavy atom. The Kier molecular flexibility index (Phi) is 6.81. The van der Waals surface area contributed by atoms with E-state index in [1.54, 1.807) is 0 Å². The van der Waals surface area contributed by atoms with Gasteiger partial charge in [-0.05, 0) is 41.8 Å². The molecule has 0 saturated heterocycles. The molecule has 3 heteroatoms. The Morgan fingerprint density at radius 2 is 1.86 bits per heavy atom. The van der Waals surface area contributed by atoms with Crippen LogP contribution in [0.2, 0.25) is 0 Å². The summed E-state index contributed by atoms with van der Waals surface area (Å²) in [4.78, 5) is 1.36. The van der Waals surface area contributed by atoms with Crippen molar-refractivity contribution >= 4 is 27.7 Å². The number of halogens is 1. The van der Waals surface area contributed by atoms with Gasteiger partial charge in [0.1, 0.15) is 0 Å². The maximum Gasteiger partial charge on any atom is 0.0232 e. The van der Waals surface area contributed by atoms with E-state index < -0.39 is 0 Å². The standard InChI is InChI=1S/C18H22BrNS/c1-14(2)11-20-12-16-10-17(19)8-9-18(16)21-13-15-6-4-3-5-7-15/h3-10,14,20H,11-13H2,1-2H3. The zero-order chi connectivity index (χ0) is 15.1. The van der Waals surface area contributed by atoms with Crippen LogP contribution in [0, 0.1) is 5.92 Å². The number of benzene rings is 2. The summed E-state index contributed by atoms with van der Waals surface area (Å²) in [5.74, 6) is 1.69. The van der Waals surface area contributed by atoms with E-state index in [1.807, 2.05) is 11.8 Å². The van der Waals surface area contributed by atoms with Crippen LogP contribution >= 0.6 is 27.7 Å². The second-order valence-electron chi connectivity index (χ2n) is 5.55. The normalized spacial score (nSPS) is 11.0.